The van der Waals surface area contributed by atoms with E-state index >= 15 is 4.39 Å². The van der Waals surface area contributed by atoms with E-state index in [1.54, 1.807) is 50.2 Å². The molecule has 1 aromatic heterocycles. The number of nitrogen functional groups attached to an aromatic ring is 1. The largest absolute Gasteiger partial charge is 0.494 e. The molecule has 14 heteroatoms. The molecule has 4 aromatic rings. The van der Waals surface area contributed by atoms with Crippen LogP contribution in [0.3, 0.4) is 0 Å². The first-order valence-electron chi connectivity index (χ1n) is 13.7. The molecule has 0 fully saturated rings. The van der Waals surface area contributed by atoms with E-state index in [-0.39, 0.29) is 23.6 Å². The number of carbonyl (C=O) groups is 1. The van der Waals surface area contributed by atoms with Crippen molar-refractivity contribution in [3.8, 4) is 11.4 Å². The average Bonchev–Trinajstić information content (AvgIpc) is 2.98. The molecule has 0 radical (unpaired) electrons. The summed E-state index contributed by atoms with van der Waals surface area (Å²) in [5.41, 5.74) is 3.96. The third-order valence-electron chi connectivity index (χ3n) is 6.65. The van der Waals surface area contributed by atoms with E-state index in [2.05, 4.69) is 15.6 Å². The van der Waals surface area contributed by atoms with Crippen LogP contribution in [0, 0.1) is 17.5 Å². The molecule has 3 aromatic carbocycles. The second kappa shape index (κ2) is 13.9. The van der Waals surface area contributed by atoms with Gasteiger partial charge in [0.25, 0.3) is 5.56 Å². The summed E-state index contributed by atoms with van der Waals surface area (Å²) in [5, 5.41) is 5.28. The van der Waals surface area contributed by atoms with E-state index in [4.69, 9.17) is 10.5 Å². The number of hydrogen-bond acceptors (Lipinski definition) is 7. The molecule has 4 rings (SSSR count). The minimum Gasteiger partial charge on any atom is -0.494 e. The predicted molar refractivity (Wildman–Crippen MR) is 167 cm³/mol. The number of amides is 2. The van der Waals surface area contributed by atoms with Crippen LogP contribution in [0.5, 0.6) is 5.75 Å². The smallest absolute Gasteiger partial charge is 0.337 e. The van der Waals surface area contributed by atoms with Gasteiger partial charge in [0, 0.05) is 24.3 Å². The van der Waals surface area contributed by atoms with Crippen molar-refractivity contribution in [2.75, 3.05) is 45.3 Å². The Balaban J connectivity index is 1.99. The highest BCUT2D eigenvalue weighted by Crippen LogP contribution is 2.24. The van der Waals surface area contributed by atoms with Crippen LogP contribution in [0.25, 0.3) is 5.69 Å². The second-order valence-electron chi connectivity index (χ2n) is 10.1. The summed E-state index contributed by atoms with van der Waals surface area (Å²) >= 11 is 0. The first-order valence-corrected chi connectivity index (χ1v) is 13.7. The fourth-order valence-corrected chi connectivity index (χ4v) is 4.56. The number of urea groups is 1. The number of halogens is 3. The summed E-state index contributed by atoms with van der Waals surface area (Å²) in [6.45, 7) is 1.52. The van der Waals surface area contributed by atoms with Gasteiger partial charge in [-0.2, -0.15) is 0 Å². The van der Waals surface area contributed by atoms with Crippen LogP contribution in [0.1, 0.15) is 18.1 Å². The van der Waals surface area contributed by atoms with Crippen LogP contribution >= 0.6 is 0 Å². The molecular formula is C31H32F3N7O4. The third kappa shape index (κ3) is 7.07. The minimum absolute atomic E-state index is 0.0191. The van der Waals surface area contributed by atoms with E-state index in [0.29, 0.717) is 22.5 Å². The fraction of sp³-hybridized carbons (Fsp3) is 0.226. The molecule has 0 saturated heterocycles. The molecule has 0 aliphatic carbocycles. The van der Waals surface area contributed by atoms with Gasteiger partial charge in [-0.15, -0.1) is 0 Å². The minimum atomic E-state index is -1.14. The third-order valence-corrected chi connectivity index (χ3v) is 6.65. The number of aliphatic imine (C=N–C) groups is 1. The molecule has 0 aliphatic heterocycles. The molecule has 0 saturated carbocycles. The van der Waals surface area contributed by atoms with Gasteiger partial charge in [-0.3, -0.25) is 14.4 Å². The summed E-state index contributed by atoms with van der Waals surface area (Å²) in [6.07, 6.45) is 0. The zero-order valence-corrected chi connectivity index (χ0v) is 25.0. The quantitative estimate of drug-likeness (QED) is 0.230. The van der Waals surface area contributed by atoms with Crippen molar-refractivity contribution in [1.29, 1.82) is 0 Å². The van der Waals surface area contributed by atoms with Crippen LogP contribution in [-0.4, -0.2) is 60.1 Å². The van der Waals surface area contributed by atoms with Crippen LogP contribution in [-0.2, 0) is 6.54 Å². The van der Waals surface area contributed by atoms with Crippen molar-refractivity contribution >= 4 is 28.9 Å². The first kappa shape index (κ1) is 32.5. The Hall–Kier alpha value is -5.37. The van der Waals surface area contributed by atoms with Crippen molar-refractivity contribution in [3.63, 3.8) is 0 Å². The van der Waals surface area contributed by atoms with E-state index in [9.17, 15) is 23.2 Å². The predicted octanol–water partition coefficient (Wildman–Crippen LogP) is 3.88. The summed E-state index contributed by atoms with van der Waals surface area (Å²) in [7, 11) is 4.63. The van der Waals surface area contributed by atoms with E-state index in [1.165, 1.54) is 25.3 Å². The Morgan fingerprint density at radius 3 is 2.24 bits per heavy atom. The van der Waals surface area contributed by atoms with Crippen molar-refractivity contribution in [1.82, 2.24) is 19.4 Å². The fourth-order valence-electron chi connectivity index (χ4n) is 4.56. The number of rotatable bonds is 10. The van der Waals surface area contributed by atoms with E-state index in [1.807, 2.05) is 0 Å². The summed E-state index contributed by atoms with van der Waals surface area (Å²) in [5.74, 6) is -3.58. The number of likely N-dealkylation sites (N-methyl/N-ethyl adjacent to an activating group) is 1. The summed E-state index contributed by atoms with van der Waals surface area (Å²) in [6, 6.07) is 13.0. The Morgan fingerprint density at radius 1 is 1.00 bits per heavy atom. The maximum absolute atomic E-state index is 15.5. The number of ether oxygens (including phenoxy) is 1. The van der Waals surface area contributed by atoms with Gasteiger partial charge in [-0.1, -0.05) is 12.1 Å². The Morgan fingerprint density at radius 2 is 1.64 bits per heavy atom. The Kier molecular flexibility index (Phi) is 10.1. The van der Waals surface area contributed by atoms with E-state index in [0.717, 1.165) is 22.8 Å². The molecule has 0 atom stereocenters. The number of hydrogen-bond donors (Lipinski definition) is 3. The lowest BCUT2D eigenvalue weighted by Crippen LogP contribution is -2.45. The number of carbonyl (C=O) groups excluding carboxylic acids is 1. The molecule has 0 unspecified atom stereocenters. The molecular weight excluding hydrogens is 591 g/mol. The topological polar surface area (TPSA) is 136 Å². The number of benzene rings is 3. The standard InChI is InChI=1S/C31H32F3N7O4/c1-5-36-30(43)38-19-14-12-18(13-15-19)37-23(17-39(2)3)26-28(35)40(16-20-21(32)8-6-9-22(20)33)31(44)41(29(26)42)24-10-7-11-25(45-4)27(24)34/h6-15H,5,16-17,35H2,1-4H3,(H2,36,38,43). The molecule has 2 amide bonds. The lowest BCUT2D eigenvalue weighted by molar-refractivity contribution is 0.252. The number of aromatic nitrogens is 2. The highest BCUT2D eigenvalue weighted by molar-refractivity contribution is 6.06. The molecule has 0 spiro atoms. The number of nitrogens with two attached hydrogens (primary N) is 1. The molecule has 1 heterocycles. The number of nitrogens with zero attached hydrogens (tertiary/aromatic N) is 4. The van der Waals surface area contributed by atoms with E-state index < -0.39 is 58.3 Å². The molecule has 4 N–H and O–H groups in total. The van der Waals surface area contributed by atoms with Gasteiger partial charge < -0.3 is 26.0 Å². The maximum Gasteiger partial charge on any atom is 0.337 e. The lowest BCUT2D eigenvalue weighted by Gasteiger charge is -2.20. The second-order valence-corrected chi connectivity index (χ2v) is 10.1. The first-order chi connectivity index (χ1) is 21.5. The van der Waals surface area contributed by atoms with Crippen LogP contribution in [0.2, 0.25) is 0 Å². The Labute approximate surface area is 256 Å². The van der Waals surface area contributed by atoms with Gasteiger partial charge in [-0.05, 0) is 69.6 Å². The molecule has 236 valence electrons. The monoisotopic (exact) mass is 623 g/mol. The molecule has 11 nitrogen and oxygen atoms in total. The van der Waals surface area contributed by atoms with Gasteiger partial charge in [0.15, 0.2) is 11.6 Å². The van der Waals surface area contributed by atoms with Crippen molar-refractivity contribution < 1.29 is 22.7 Å². The number of nitrogens with one attached hydrogen (secondary N) is 2. The average molecular weight is 624 g/mol. The highest BCUT2D eigenvalue weighted by Gasteiger charge is 2.26. The van der Waals surface area contributed by atoms with Crippen molar-refractivity contribution in [3.05, 3.63) is 110 Å². The Bertz CT molecular complexity index is 1850. The van der Waals surface area contributed by atoms with Crippen molar-refractivity contribution in [2.24, 2.45) is 4.99 Å². The van der Waals surface area contributed by atoms with Crippen LogP contribution < -0.4 is 32.4 Å². The zero-order chi connectivity index (χ0) is 32.8. The molecule has 0 aliphatic rings. The number of methoxy groups -OCH3 is 1. The maximum atomic E-state index is 15.5. The van der Waals surface area contributed by atoms with Crippen LogP contribution in [0.4, 0.5) is 35.2 Å². The zero-order valence-electron chi connectivity index (χ0n) is 25.0. The highest BCUT2D eigenvalue weighted by atomic mass is 19.1. The molecule has 45 heavy (non-hydrogen) atoms. The summed E-state index contributed by atoms with van der Waals surface area (Å²) in [4.78, 5) is 46.1. The van der Waals surface area contributed by atoms with Crippen molar-refractivity contribution in [2.45, 2.75) is 13.5 Å². The van der Waals surface area contributed by atoms with Gasteiger partial charge in [0.2, 0.25) is 0 Å². The van der Waals surface area contributed by atoms with Gasteiger partial charge in [0.1, 0.15) is 23.0 Å². The number of anilines is 2. The van der Waals surface area contributed by atoms with Gasteiger partial charge in [0.05, 0.1) is 30.7 Å². The molecule has 0 bridgehead atoms. The normalized spacial score (nSPS) is 11.5. The lowest BCUT2D eigenvalue weighted by atomic mass is 10.1. The summed E-state index contributed by atoms with van der Waals surface area (Å²) < 4.78 is 51.4. The van der Waals surface area contributed by atoms with Gasteiger partial charge in [-0.25, -0.2) is 27.3 Å². The van der Waals surface area contributed by atoms with Crippen LogP contribution in [0.15, 0.2) is 75.2 Å². The SMILES string of the molecule is CCNC(=O)Nc1ccc(N=C(CN(C)C)c2c(N)n(Cc3c(F)cccc3F)c(=O)n(-c3cccc(OC)c3F)c2=O)cc1. The van der Waals surface area contributed by atoms with Gasteiger partial charge >= 0.3 is 11.7 Å².